The van der Waals surface area contributed by atoms with Crippen LogP contribution in [0.5, 0.6) is 0 Å². The van der Waals surface area contributed by atoms with Gasteiger partial charge >= 0.3 is 0 Å². The number of hydrogen-bond donors (Lipinski definition) is 3. The molecule has 24 atom stereocenters. The van der Waals surface area contributed by atoms with Crippen molar-refractivity contribution in [2.45, 2.75) is 307 Å². The normalized spacial score (nSPS) is 47.9. The quantitative estimate of drug-likeness (QED) is 0.180. The molecule has 0 spiro atoms. The van der Waals surface area contributed by atoms with E-state index in [4.69, 9.17) is 0 Å². The summed E-state index contributed by atoms with van der Waals surface area (Å²) >= 11 is 3.44. The van der Waals surface area contributed by atoms with Gasteiger partial charge in [-0.1, -0.05) is 79.8 Å². The third-order valence-corrected chi connectivity index (χ3v) is 31.2. The molecule has 0 amide bonds. The number of Topliss-reactive ketones (excluding diaryl/α,β-unsaturated/α-hetero) is 3. The maximum Gasteiger partial charge on any atom is 0.162 e. The smallest absolute Gasteiger partial charge is 0.162 e. The van der Waals surface area contributed by atoms with E-state index in [1.54, 1.807) is 11.0 Å². The molecule has 14 rings (SSSR count). The molecule has 504 valence electrons. The molecule has 3 N–H and O–H groups in total. The van der Waals surface area contributed by atoms with E-state index in [1.165, 1.54) is 146 Å². The molecule has 0 unspecified atom stereocenters. The van der Waals surface area contributed by atoms with Crippen molar-refractivity contribution in [1.29, 1.82) is 0 Å². The molecule has 15 heteroatoms. The van der Waals surface area contributed by atoms with Gasteiger partial charge in [-0.3, -0.25) is 14.4 Å². The van der Waals surface area contributed by atoms with Gasteiger partial charge in [-0.15, -0.1) is 15.3 Å². The van der Waals surface area contributed by atoms with Crippen molar-refractivity contribution < 1.29 is 29.7 Å². The van der Waals surface area contributed by atoms with Gasteiger partial charge in [0.15, 0.2) is 17.9 Å². The van der Waals surface area contributed by atoms with Crippen LogP contribution in [0.2, 0.25) is 0 Å². The Hall–Kier alpha value is -2.49. The van der Waals surface area contributed by atoms with Crippen LogP contribution < -0.4 is 0 Å². The molecule has 0 saturated heterocycles. The Balaban J connectivity index is 0.000000156. The Morgan fingerprint density at radius 1 is 0.449 bits per heavy atom. The Bertz CT molecular complexity index is 2610. The number of carbonyl (C=O) groups is 3. The van der Waals surface area contributed by atoms with E-state index in [-0.39, 0.29) is 62.8 Å². The number of halogens is 1. The highest BCUT2D eigenvalue weighted by atomic mass is 79.9. The minimum Gasteiger partial charge on any atom is -0.390 e. The summed E-state index contributed by atoms with van der Waals surface area (Å²) in [7, 11) is 0. The number of fused-ring (bicyclic) bond motifs is 15. The molecule has 12 fully saturated rings. The summed E-state index contributed by atoms with van der Waals surface area (Å²) in [6.07, 6.45) is 38.2. The second-order valence-electron chi connectivity index (χ2n) is 33.8. The molecular weight excluding hydrogens is 1180 g/mol. The first-order chi connectivity index (χ1) is 40.9. The maximum absolute atomic E-state index is 13.2. The fourth-order valence-corrected chi connectivity index (χ4v) is 26.9. The van der Waals surface area contributed by atoms with Crippen LogP contribution in [-0.2, 0) is 27.5 Å². The zero-order valence-corrected chi connectivity index (χ0v) is 56.3. The molecule has 0 radical (unpaired) electrons. The zero-order valence-electron chi connectivity index (χ0n) is 54.7. The Morgan fingerprint density at radius 2 is 0.820 bits per heavy atom. The Kier molecular flexibility index (Phi) is 20.9. The van der Waals surface area contributed by atoms with E-state index in [9.17, 15) is 29.7 Å². The standard InChI is InChI=1S/2C24H38N4O2.C23H37BrO2.3CH4/c1-4-24-12-11-22(2,30)13-16(24)5-6-17-18-7-8-20(23(18,3)10-9-19(17)24)21(29)14-28-15-25-26-27-28;1-4-24-12-11-22(2,30)13-16(24)5-6-17-18-7-8-20(23(18,3)10-9-19(17)24)21(29)14-28-26-15-25-27-28;1-4-23-12-11-21(2,26)13-15(23)5-6-16-17-7-8-19(20(25)14-24)22(17,3)10-9-18(16)23;;;/h2*15-20,30H,4-14H2,1-3H3;15-19,26H,4-14H2,1-3H3;3*1H4/t2*16-,17-,18-,19-,20+,22+,23-,24-;15-,16-,17-,18-,19+,21+,22-,23-;;;/m000.../s1. The van der Waals surface area contributed by atoms with Crippen LogP contribution in [0.3, 0.4) is 0 Å². The third kappa shape index (κ3) is 12.0. The highest BCUT2D eigenvalue weighted by Crippen LogP contribution is 2.73. The number of hydrogen-bond acceptors (Lipinski definition) is 12. The average Bonchev–Trinajstić information content (AvgIpc) is 1.74. The van der Waals surface area contributed by atoms with Crippen LogP contribution >= 0.6 is 15.9 Å². The van der Waals surface area contributed by atoms with E-state index < -0.39 is 16.8 Å². The van der Waals surface area contributed by atoms with Gasteiger partial charge in [-0.25, -0.2) is 4.68 Å². The molecule has 14 nitrogen and oxygen atoms in total. The predicted molar refractivity (Wildman–Crippen MR) is 356 cm³/mol. The van der Waals surface area contributed by atoms with Crippen molar-refractivity contribution in [3.8, 4) is 0 Å². The van der Waals surface area contributed by atoms with E-state index >= 15 is 0 Å². The van der Waals surface area contributed by atoms with Gasteiger partial charge in [-0.05, 0) is 333 Å². The van der Waals surface area contributed by atoms with Gasteiger partial charge in [0.2, 0.25) is 0 Å². The second kappa shape index (κ2) is 26.3. The maximum atomic E-state index is 13.2. The number of nitrogens with zero attached hydrogens (tertiary/aromatic N) is 8. The SMILES string of the molecule is C.C.C.CC[C@]12CC[C@@](C)(O)C[C@@H]1CC[C@H]1[C@@H]3CC[C@H](C(=O)CBr)[C@@]3(C)CC[C@@H]12.CC[C@]12CC[C@@](C)(O)C[C@@H]1CC[C@H]1[C@@H]3CC[C@H](C(=O)Cn4cnnn4)[C@@]3(C)CC[C@@H]12.CC[C@]12CC[C@@](C)(O)C[C@@H]1CC[C@H]1[C@@H]3CC[C@H](C(=O)Cn4ncnn4)[C@@]3(C)CC[C@@H]12. The first kappa shape index (κ1) is 70.8. The Labute approximate surface area is 546 Å². The van der Waals surface area contributed by atoms with Crippen molar-refractivity contribution in [3.05, 3.63) is 12.7 Å². The molecule has 2 aromatic heterocycles. The molecule has 2 aromatic rings. The Morgan fingerprint density at radius 3 is 1.15 bits per heavy atom. The van der Waals surface area contributed by atoms with Crippen LogP contribution in [0.4, 0.5) is 0 Å². The van der Waals surface area contributed by atoms with Crippen LogP contribution in [0.15, 0.2) is 12.7 Å². The first-order valence-corrected chi connectivity index (χ1v) is 36.7. The van der Waals surface area contributed by atoms with Gasteiger partial charge in [0, 0.05) is 17.8 Å². The molecule has 89 heavy (non-hydrogen) atoms. The topological polar surface area (TPSA) is 199 Å². The van der Waals surface area contributed by atoms with Crippen molar-refractivity contribution >= 4 is 33.3 Å². The number of carbonyl (C=O) groups excluding carboxylic acids is 3. The number of alkyl halides is 1. The highest BCUT2D eigenvalue weighted by Gasteiger charge is 2.66. The zero-order chi connectivity index (χ0) is 61.0. The summed E-state index contributed by atoms with van der Waals surface area (Å²) in [5.74, 6) is 10.5. The summed E-state index contributed by atoms with van der Waals surface area (Å²) in [5.41, 5.74) is 0.410. The summed E-state index contributed by atoms with van der Waals surface area (Å²) in [6.45, 7) is 21.2. The molecular formula is C74H125BrN8O6. The molecule has 12 saturated carbocycles. The third-order valence-electron chi connectivity index (χ3n) is 30.6. The number of aromatic nitrogens is 8. The lowest BCUT2D eigenvalue weighted by atomic mass is 9.42. The molecule has 0 bridgehead atoms. The van der Waals surface area contributed by atoms with Gasteiger partial charge < -0.3 is 15.3 Å². The average molecular weight is 1300 g/mol. The lowest BCUT2D eigenvalue weighted by Crippen LogP contribution is -2.56. The lowest BCUT2D eigenvalue weighted by molar-refractivity contribution is -0.158. The van der Waals surface area contributed by atoms with E-state index in [2.05, 4.69) is 102 Å². The van der Waals surface area contributed by atoms with E-state index in [0.29, 0.717) is 75.1 Å². The van der Waals surface area contributed by atoms with Gasteiger partial charge in [0.05, 0.1) is 22.1 Å². The minimum atomic E-state index is -0.473. The number of aliphatic hydroxyl groups is 3. The van der Waals surface area contributed by atoms with E-state index in [0.717, 1.165) is 99.2 Å². The predicted octanol–water partition coefficient (Wildman–Crippen LogP) is 15.7. The minimum absolute atomic E-state index is 0. The van der Waals surface area contributed by atoms with Crippen LogP contribution in [0.1, 0.15) is 277 Å². The number of ketones is 3. The molecule has 0 aromatic carbocycles. The largest absolute Gasteiger partial charge is 0.390 e. The van der Waals surface area contributed by atoms with Crippen LogP contribution in [-0.4, -0.2) is 95.2 Å². The highest BCUT2D eigenvalue weighted by molar-refractivity contribution is 9.09. The lowest BCUT2D eigenvalue weighted by Gasteiger charge is -2.63. The summed E-state index contributed by atoms with van der Waals surface area (Å²) in [4.78, 5) is 40.4. The second-order valence-corrected chi connectivity index (χ2v) is 34.4. The van der Waals surface area contributed by atoms with Crippen molar-refractivity contribution in [2.24, 2.45) is 121 Å². The molecule has 12 aliphatic carbocycles. The van der Waals surface area contributed by atoms with Crippen molar-refractivity contribution in [1.82, 2.24) is 40.4 Å². The van der Waals surface area contributed by atoms with Crippen molar-refractivity contribution in [2.75, 3.05) is 5.33 Å². The van der Waals surface area contributed by atoms with Gasteiger partial charge in [0.25, 0.3) is 0 Å². The van der Waals surface area contributed by atoms with Gasteiger partial charge in [-0.2, -0.15) is 4.80 Å². The molecule has 12 aliphatic rings. The molecule has 2 heterocycles. The number of tetrazole rings is 2. The molecule has 0 aliphatic heterocycles. The van der Waals surface area contributed by atoms with Crippen LogP contribution in [0.25, 0.3) is 0 Å². The van der Waals surface area contributed by atoms with Crippen molar-refractivity contribution in [3.63, 3.8) is 0 Å². The first-order valence-electron chi connectivity index (χ1n) is 35.6. The monoisotopic (exact) mass is 1300 g/mol. The summed E-state index contributed by atoms with van der Waals surface area (Å²) in [6, 6.07) is 0. The van der Waals surface area contributed by atoms with E-state index in [1.807, 2.05) is 6.92 Å². The number of rotatable bonds is 11. The summed E-state index contributed by atoms with van der Waals surface area (Å²) in [5, 5.41) is 55.7. The summed E-state index contributed by atoms with van der Waals surface area (Å²) < 4.78 is 1.58. The fourth-order valence-electron chi connectivity index (χ4n) is 26.5. The fraction of sp³-hybridized carbons (Fsp3) is 0.932. The van der Waals surface area contributed by atoms with Crippen LogP contribution in [0, 0.1) is 121 Å². The van der Waals surface area contributed by atoms with Gasteiger partial charge in [0.1, 0.15) is 25.2 Å².